The molecule has 0 saturated heterocycles. The van der Waals surface area contributed by atoms with E-state index in [9.17, 15) is 5.11 Å². The third-order valence-corrected chi connectivity index (χ3v) is 6.01. The number of hydrogen-bond acceptors (Lipinski definition) is 2. The molecular weight excluding hydrogens is 254 g/mol. The van der Waals surface area contributed by atoms with Gasteiger partial charge in [0.2, 0.25) is 0 Å². The molecule has 2 rings (SSSR count). The molecular formula is C16H26NOS+. The fourth-order valence-corrected chi connectivity index (χ4v) is 4.36. The zero-order valence-corrected chi connectivity index (χ0v) is 13.3. The number of hydrogen-bond donors (Lipinski definition) is 2. The van der Waals surface area contributed by atoms with E-state index >= 15 is 0 Å². The number of phenols is 1. The van der Waals surface area contributed by atoms with Crippen molar-refractivity contribution in [3.8, 4) is 5.75 Å². The molecule has 1 aromatic rings. The van der Waals surface area contributed by atoms with Crippen molar-refractivity contribution in [3.63, 3.8) is 0 Å². The Labute approximate surface area is 120 Å². The topological polar surface area (TPSA) is 47.9 Å². The van der Waals surface area contributed by atoms with Gasteiger partial charge in [0.05, 0.1) is 5.25 Å². The smallest absolute Gasteiger partial charge is 0.115 e. The van der Waals surface area contributed by atoms with Crippen molar-refractivity contribution in [1.29, 1.82) is 0 Å². The second-order valence-corrected chi connectivity index (χ2v) is 7.91. The number of phenolic OH excluding ortho intramolecular Hbond substituents is 1. The van der Waals surface area contributed by atoms with Gasteiger partial charge in [-0.1, -0.05) is 33.8 Å². The summed E-state index contributed by atoms with van der Waals surface area (Å²) in [5, 5.41) is 10.3. The van der Waals surface area contributed by atoms with Crippen LogP contribution >= 0.6 is 11.8 Å². The van der Waals surface area contributed by atoms with Gasteiger partial charge >= 0.3 is 0 Å². The Morgan fingerprint density at radius 3 is 2.74 bits per heavy atom. The lowest BCUT2D eigenvalue weighted by atomic mass is 9.69. The van der Waals surface area contributed by atoms with Crippen molar-refractivity contribution >= 4 is 11.8 Å². The number of quaternary nitrogens is 1. The van der Waals surface area contributed by atoms with E-state index in [0.29, 0.717) is 17.0 Å². The van der Waals surface area contributed by atoms with Gasteiger partial charge in [-0.25, -0.2) is 0 Å². The van der Waals surface area contributed by atoms with Crippen LogP contribution in [0.2, 0.25) is 0 Å². The van der Waals surface area contributed by atoms with Gasteiger partial charge in [-0.3, -0.25) is 0 Å². The molecule has 0 saturated carbocycles. The third-order valence-electron chi connectivity index (χ3n) is 4.23. The molecule has 0 aromatic heterocycles. The van der Waals surface area contributed by atoms with E-state index < -0.39 is 0 Å². The van der Waals surface area contributed by atoms with E-state index in [0.717, 1.165) is 12.3 Å². The van der Waals surface area contributed by atoms with Gasteiger partial charge in [0, 0.05) is 5.41 Å². The third kappa shape index (κ3) is 2.92. The first kappa shape index (κ1) is 14.7. The summed E-state index contributed by atoms with van der Waals surface area (Å²) in [6, 6.07) is 6.20. The highest BCUT2D eigenvalue weighted by Crippen LogP contribution is 2.41. The van der Waals surface area contributed by atoms with Crippen LogP contribution in [-0.4, -0.2) is 22.2 Å². The molecule has 0 radical (unpaired) electrons. The molecule has 0 fully saturated rings. The molecule has 1 aliphatic rings. The minimum Gasteiger partial charge on any atom is -0.508 e. The van der Waals surface area contributed by atoms with Crippen LogP contribution < -0.4 is 5.73 Å². The quantitative estimate of drug-likeness (QED) is 0.894. The largest absolute Gasteiger partial charge is 0.508 e. The number of fused-ring (bicyclic) bond motifs is 1. The standard InChI is InChI=1S/C16H25NOS/c1-10(2)9-19-14-7-11-5-6-12(18)8-13(11)16(3,4)15(14)17/h5-6,8,10,14-15,18H,7,9,17H2,1-4H3/p+1. The Hall–Kier alpha value is -0.670. The summed E-state index contributed by atoms with van der Waals surface area (Å²) in [4.78, 5) is 0. The van der Waals surface area contributed by atoms with Crippen molar-refractivity contribution in [2.45, 2.75) is 50.8 Å². The average molecular weight is 280 g/mol. The van der Waals surface area contributed by atoms with Gasteiger partial charge in [-0.2, -0.15) is 11.8 Å². The second kappa shape index (κ2) is 5.37. The number of aromatic hydroxyl groups is 1. The van der Waals surface area contributed by atoms with E-state index in [1.54, 1.807) is 0 Å². The Morgan fingerprint density at radius 2 is 2.11 bits per heavy atom. The van der Waals surface area contributed by atoms with Crippen LogP contribution in [0.4, 0.5) is 0 Å². The number of thioether (sulfide) groups is 1. The molecule has 106 valence electrons. The Kier molecular flexibility index (Phi) is 4.17. The van der Waals surface area contributed by atoms with Crippen LogP contribution in [0.1, 0.15) is 38.8 Å². The van der Waals surface area contributed by atoms with E-state index in [1.807, 2.05) is 12.1 Å². The highest BCUT2D eigenvalue weighted by molar-refractivity contribution is 7.99. The van der Waals surface area contributed by atoms with E-state index in [2.05, 4.69) is 51.3 Å². The summed E-state index contributed by atoms with van der Waals surface area (Å²) in [5.41, 5.74) is 7.12. The Balaban J connectivity index is 2.29. The summed E-state index contributed by atoms with van der Waals surface area (Å²) in [7, 11) is 0. The van der Waals surface area contributed by atoms with Gasteiger partial charge in [0.1, 0.15) is 11.8 Å². The van der Waals surface area contributed by atoms with Crippen LogP contribution in [0.15, 0.2) is 18.2 Å². The van der Waals surface area contributed by atoms with Crippen LogP contribution in [-0.2, 0) is 11.8 Å². The maximum absolute atomic E-state index is 9.72. The van der Waals surface area contributed by atoms with Crippen molar-refractivity contribution < 1.29 is 10.8 Å². The fraction of sp³-hybridized carbons (Fsp3) is 0.625. The molecule has 19 heavy (non-hydrogen) atoms. The molecule has 0 aliphatic heterocycles. The Bertz CT molecular complexity index is 456. The molecule has 1 aromatic carbocycles. The van der Waals surface area contributed by atoms with Gasteiger partial charge in [-0.15, -0.1) is 0 Å². The molecule has 2 atom stereocenters. The van der Waals surface area contributed by atoms with E-state index in [1.165, 1.54) is 16.9 Å². The molecule has 0 heterocycles. The highest BCUT2D eigenvalue weighted by atomic mass is 32.2. The lowest BCUT2D eigenvalue weighted by Gasteiger charge is -2.40. The molecule has 2 nitrogen and oxygen atoms in total. The van der Waals surface area contributed by atoms with Gasteiger partial charge in [-0.05, 0) is 41.4 Å². The average Bonchev–Trinajstić information content (AvgIpc) is 2.33. The predicted molar refractivity (Wildman–Crippen MR) is 82.6 cm³/mol. The van der Waals surface area contributed by atoms with Crippen LogP contribution in [0.25, 0.3) is 0 Å². The number of benzene rings is 1. The highest BCUT2D eigenvalue weighted by Gasteiger charge is 2.43. The summed E-state index contributed by atoms with van der Waals surface area (Å²) >= 11 is 2.06. The SMILES string of the molecule is CC(C)CSC1Cc2ccc(O)cc2C(C)(C)C1[NH3+]. The Morgan fingerprint density at radius 1 is 1.42 bits per heavy atom. The first-order valence-corrected chi connectivity index (χ1v) is 8.14. The van der Waals surface area contributed by atoms with E-state index in [-0.39, 0.29) is 5.41 Å². The summed E-state index contributed by atoms with van der Waals surface area (Å²) in [6.07, 6.45) is 1.07. The maximum Gasteiger partial charge on any atom is 0.115 e. The molecule has 0 spiro atoms. The van der Waals surface area contributed by atoms with Crippen molar-refractivity contribution in [1.82, 2.24) is 0 Å². The summed E-state index contributed by atoms with van der Waals surface area (Å²) in [5.74, 6) is 2.29. The molecule has 4 N–H and O–H groups in total. The van der Waals surface area contributed by atoms with E-state index in [4.69, 9.17) is 0 Å². The zero-order chi connectivity index (χ0) is 14.2. The summed E-state index contributed by atoms with van der Waals surface area (Å²) < 4.78 is 0. The molecule has 0 bridgehead atoms. The van der Waals surface area contributed by atoms with Crippen molar-refractivity contribution in [2.75, 3.05) is 5.75 Å². The fourth-order valence-electron chi connectivity index (χ4n) is 2.86. The lowest BCUT2D eigenvalue weighted by molar-refractivity contribution is -0.435. The minimum atomic E-state index is 0.0287. The van der Waals surface area contributed by atoms with Gasteiger partial charge in [0.25, 0.3) is 0 Å². The van der Waals surface area contributed by atoms with Crippen LogP contribution in [0.3, 0.4) is 0 Å². The minimum absolute atomic E-state index is 0.0287. The monoisotopic (exact) mass is 280 g/mol. The molecule has 2 unspecified atom stereocenters. The van der Waals surface area contributed by atoms with Crippen LogP contribution in [0.5, 0.6) is 5.75 Å². The number of rotatable bonds is 3. The zero-order valence-electron chi connectivity index (χ0n) is 12.4. The van der Waals surface area contributed by atoms with Gasteiger partial charge in [0.15, 0.2) is 0 Å². The van der Waals surface area contributed by atoms with Crippen molar-refractivity contribution in [3.05, 3.63) is 29.3 Å². The summed E-state index contributed by atoms with van der Waals surface area (Å²) in [6.45, 7) is 9.05. The molecule has 3 heteroatoms. The second-order valence-electron chi connectivity index (χ2n) is 6.64. The first-order chi connectivity index (χ1) is 8.82. The predicted octanol–water partition coefficient (Wildman–Crippen LogP) is 2.59. The van der Waals surface area contributed by atoms with Crippen LogP contribution in [0, 0.1) is 5.92 Å². The molecule has 0 amide bonds. The first-order valence-electron chi connectivity index (χ1n) is 7.09. The van der Waals surface area contributed by atoms with Crippen molar-refractivity contribution in [2.24, 2.45) is 5.92 Å². The molecule has 1 aliphatic carbocycles. The lowest BCUT2D eigenvalue weighted by Crippen LogP contribution is -2.74. The maximum atomic E-state index is 9.72. The normalized spacial score (nSPS) is 25.4. The van der Waals surface area contributed by atoms with Gasteiger partial charge < -0.3 is 10.8 Å².